The van der Waals surface area contributed by atoms with Crippen LogP contribution in [-0.4, -0.2) is 24.8 Å². The second-order valence-corrected chi connectivity index (χ2v) is 6.44. The average molecular weight is 346 g/mol. The number of hydrogen-bond acceptors (Lipinski definition) is 2. The summed E-state index contributed by atoms with van der Waals surface area (Å²) in [5.74, 6) is -0.113. The van der Waals surface area contributed by atoms with Crippen LogP contribution in [0.2, 0.25) is 5.02 Å². The van der Waals surface area contributed by atoms with Gasteiger partial charge in [-0.25, -0.2) is 0 Å². The van der Waals surface area contributed by atoms with Crippen LogP contribution in [-0.2, 0) is 11.3 Å². The molecular formula is C19H22ClN2O2+. The van der Waals surface area contributed by atoms with Crippen molar-refractivity contribution < 1.29 is 14.5 Å². The van der Waals surface area contributed by atoms with Crippen LogP contribution in [0.3, 0.4) is 0 Å². The van der Waals surface area contributed by atoms with Gasteiger partial charge in [-0.3, -0.25) is 9.59 Å². The number of amides is 1. The van der Waals surface area contributed by atoms with Gasteiger partial charge in [0.2, 0.25) is 0 Å². The molecule has 126 valence electrons. The van der Waals surface area contributed by atoms with Gasteiger partial charge < -0.3 is 10.2 Å². The van der Waals surface area contributed by atoms with Crippen LogP contribution < -0.4 is 10.2 Å². The maximum Gasteiger partial charge on any atom is 0.282 e. The van der Waals surface area contributed by atoms with Crippen LogP contribution >= 0.6 is 11.6 Å². The highest BCUT2D eigenvalue weighted by molar-refractivity contribution is 6.30. The predicted molar refractivity (Wildman–Crippen MR) is 96.6 cm³/mol. The Kier molecular flexibility index (Phi) is 6.12. The van der Waals surface area contributed by atoms with Crippen LogP contribution in [0.5, 0.6) is 0 Å². The van der Waals surface area contributed by atoms with E-state index in [1.54, 1.807) is 24.3 Å². The highest BCUT2D eigenvalue weighted by Crippen LogP contribution is 2.12. The van der Waals surface area contributed by atoms with Gasteiger partial charge in [-0.1, -0.05) is 35.9 Å². The first-order chi connectivity index (χ1) is 11.4. The molecule has 5 heteroatoms. The summed E-state index contributed by atoms with van der Waals surface area (Å²) in [6, 6.07) is 14.4. The van der Waals surface area contributed by atoms with E-state index in [1.807, 2.05) is 38.2 Å². The lowest BCUT2D eigenvalue weighted by Crippen LogP contribution is -3.12. The van der Waals surface area contributed by atoms with E-state index < -0.39 is 0 Å². The largest absolute Gasteiger partial charge is 0.324 e. The third kappa shape index (κ3) is 4.91. The third-order valence-electron chi connectivity index (χ3n) is 4.04. The van der Waals surface area contributed by atoms with Crippen molar-refractivity contribution in [3.8, 4) is 0 Å². The Bertz CT molecular complexity index is 746. The molecule has 0 spiro atoms. The molecule has 1 amide bonds. The highest BCUT2D eigenvalue weighted by atomic mass is 35.5. The normalized spacial score (nSPS) is 13.2. The quantitative estimate of drug-likeness (QED) is 0.791. The number of hydrogen-bond donors (Lipinski definition) is 2. The van der Waals surface area contributed by atoms with Crippen LogP contribution in [0.4, 0.5) is 5.69 Å². The van der Waals surface area contributed by atoms with Crippen LogP contribution in [0.15, 0.2) is 48.5 Å². The van der Waals surface area contributed by atoms with E-state index >= 15 is 0 Å². The minimum absolute atomic E-state index is 0.0251. The fraction of sp³-hybridized carbons (Fsp3) is 0.263. The third-order valence-corrected chi connectivity index (χ3v) is 4.28. The lowest BCUT2D eigenvalue weighted by Gasteiger charge is -2.21. The minimum atomic E-state index is -0.245. The van der Waals surface area contributed by atoms with Gasteiger partial charge in [-0.05, 0) is 38.1 Å². The summed E-state index contributed by atoms with van der Waals surface area (Å²) in [6.45, 7) is 4.08. The lowest BCUT2D eigenvalue weighted by molar-refractivity contribution is -0.907. The Morgan fingerprint density at radius 3 is 2.54 bits per heavy atom. The summed E-state index contributed by atoms with van der Waals surface area (Å²) in [5.41, 5.74) is 2.30. The zero-order valence-electron chi connectivity index (χ0n) is 14.1. The molecule has 2 aromatic carbocycles. The Balaban J connectivity index is 2.00. The number of anilines is 1. The Labute approximate surface area is 147 Å². The van der Waals surface area contributed by atoms with Gasteiger partial charge in [0.25, 0.3) is 5.91 Å². The van der Waals surface area contributed by atoms with E-state index in [-0.39, 0.29) is 17.7 Å². The van der Waals surface area contributed by atoms with Gasteiger partial charge in [0.15, 0.2) is 11.8 Å². The fourth-order valence-corrected chi connectivity index (χ4v) is 2.63. The van der Waals surface area contributed by atoms with Gasteiger partial charge in [-0.2, -0.15) is 0 Å². The van der Waals surface area contributed by atoms with Gasteiger partial charge in [-0.15, -0.1) is 0 Å². The number of halogens is 1. The van der Waals surface area contributed by atoms with Crippen LogP contribution in [0.25, 0.3) is 0 Å². The molecule has 4 nitrogen and oxygen atoms in total. The highest BCUT2D eigenvalue weighted by Gasteiger charge is 2.22. The Morgan fingerprint density at radius 2 is 1.88 bits per heavy atom. The van der Waals surface area contributed by atoms with Gasteiger partial charge >= 0.3 is 0 Å². The van der Waals surface area contributed by atoms with Crippen molar-refractivity contribution in [3.63, 3.8) is 0 Å². The van der Waals surface area contributed by atoms with E-state index in [9.17, 15) is 9.59 Å². The number of Topliss-reactive ketones (excluding diaryl/α,β-unsaturated/α-hetero) is 1. The zero-order chi connectivity index (χ0) is 17.7. The number of ketones is 1. The Hall–Kier alpha value is -2.17. The number of nitrogens with one attached hydrogen (secondary N) is 2. The molecule has 2 N–H and O–H groups in total. The summed E-state index contributed by atoms with van der Waals surface area (Å²) >= 11 is 6.00. The van der Waals surface area contributed by atoms with Crippen LogP contribution in [0.1, 0.15) is 29.8 Å². The van der Waals surface area contributed by atoms with Gasteiger partial charge in [0, 0.05) is 21.8 Å². The average Bonchev–Trinajstić information content (AvgIpc) is 2.54. The smallest absolute Gasteiger partial charge is 0.282 e. The predicted octanol–water partition coefficient (Wildman–Crippen LogP) is 2.58. The first-order valence-corrected chi connectivity index (χ1v) is 8.23. The van der Waals surface area contributed by atoms with Crippen molar-refractivity contribution in [2.24, 2.45) is 0 Å². The molecule has 0 aliphatic carbocycles. The molecule has 1 unspecified atom stereocenters. The number of carbonyl (C=O) groups is 2. The number of likely N-dealkylation sites (N-methyl/N-ethyl adjacent to an activating group) is 1. The van der Waals surface area contributed by atoms with Crippen molar-refractivity contribution >= 4 is 29.0 Å². The molecule has 0 saturated heterocycles. The summed E-state index contributed by atoms with van der Waals surface area (Å²) in [4.78, 5) is 24.9. The maximum atomic E-state index is 12.4. The molecule has 0 fully saturated rings. The molecule has 0 radical (unpaired) electrons. The molecule has 2 aromatic rings. The number of benzene rings is 2. The van der Waals surface area contributed by atoms with E-state index in [0.29, 0.717) is 22.8 Å². The molecule has 2 atom stereocenters. The number of quaternary nitrogens is 1. The SMILES string of the molecule is CC(=O)c1cccc(NC(=O)[C@H](C)[NH+](C)Cc2cccc(Cl)c2)c1. The van der Waals surface area contributed by atoms with Crippen molar-refractivity contribution in [2.75, 3.05) is 12.4 Å². The van der Waals surface area contributed by atoms with Gasteiger partial charge in [0.1, 0.15) is 6.54 Å². The number of rotatable bonds is 6. The van der Waals surface area contributed by atoms with Crippen molar-refractivity contribution in [2.45, 2.75) is 26.4 Å². The molecule has 0 aliphatic rings. The van der Waals surface area contributed by atoms with Gasteiger partial charge in [0.05, 0.1) is 7.05 Å². The first-order valence-electron chi connectivity index (χ1n) is 7.85. The molecular weight excluding hydrogens is 324 g/mol. The Morgan fingerprint density at radius 1 is 1.17 bits per heavy atom. The maximum absolute atomic E-state index is 12.4. The molecule has 0 aliphatic heterocycles. The summed E-state index contributed by atoms with van der Waals surface area (Å²) < 4.78 is 0. The fourth-order valence-electron chi connectivity index (χ4n) is 2.41. The van der Waals surface area contributed by atoms with Crippen molar-refractivity contribution in [1.29, 1.82) is 0 Å². The minimum Gasteiger partial charge on any atom is -0.324 e. The topological polar surface area (TPSA) is 50.6 Å². The van der Waals surface area contributed by atoms with Crippen molar-refractivity contribution in [3.05, 3.63) is 64.7 Å². The van der Waals surface area contributed by atoms with Crippen molar-refractivity contribution in [1.82, 2.24) is 0 Å². The molecule has 2 rings (SSSR count). The van der Waals surface area contributed by atoms with Crippen LogP contribution in [0, 0.1) is 0 Å². The summed E-state index contributed by atoms with van der Waals surface area (Å²) in [6.07, 6.45) is 0. The summed E-state index contributed by atoms with van der Waals surface area (Å²) in [5, 5.41) is 3.57. The molecule has 24 heavy (non-hydrogen) atoms. The molecule has 0 heterocycles. The van der Waals surface area contributed by atoms with E-state index in [4.69, 9.17) is 11.6 Å². The monoisotopic (exact) mass is 345 g/mol. The zero-order valence-corrected chi connectivity index (χ0v) is 14.9. The molecule has 0 bridgehead atoms. The van der Waals surface area contributed by atoms with E-state index in [0.717, 1.165) is 10.5 Å². The second kappa shape index (κ2) is 8.08. The van der Waals surface area contributed by atoms with E-state index in [2.05, 4.69) is 5.32 Å². The second-order valence-electron chi connectivity index (χ2n) is 6.00. The summed E-state index contributed by atoms with van der Waals surface area (Å²) in [7, 11) is 1.97. The molecule has 0 saturated carbocycles. The van der Waals surface area contributed by atoms with E-state index in [1.165, 1.54) is 6.92 Å². The lowest BCUT2D eigenvalue weighted by atomic mass is 10.1. The molecule has 0 aromatic heterocycles. The number of carbonyl (C=O) groups excluding carboxylic acids is 2. The first kappa shape index (κ1) is 18.2. The standard InChI is InChI=1S/C19H21ClN2O2/c1-13(22(3)12-15-6-4-8-17(20)10-15)19(24)21-18-9-5-7-16(11-18)14(2)23/h4-11,13H,12H2,1-3H3,(H,21,24)/p+1/t13-/m0/s1.